The van der Waals surface area contributed by atoms with E-state index in [0.717, 1.165) is 6.42 Å². The predicted octanol–water partition coefficient (Wildman–Crippen LogP) is 3.15. The van der Waals surface area contributed by atoms with Crippen LogP contribution in [-0.2, 0) is 9.53 Å². The maximum absolute atomic E-state index is 13.0. The van der Waals surface area contributed by atoms with Crippen LogP contribution in [0.5, 0.6) is 0 Å². The van der Waals surface area contributed by atoms with Crippen LogP contribution in [0.2, 0.25) is 0 Å². The quantitative estimate of drug-likeness (QED) is 0.642. The van der Waals surface area contributed by atoms with Gasteiger partial charge in [-0.1, -0.05) is 20.3 Å². The van der Waals surface area contributed by atoms with Crippen LogP contribution < -0.4 is 0 Å². The number of carbonyl (C=O) groups is 1. The molecule has 2 nitrogen and oxygen atoms in total. The van der Waals surface area contributed by atoms with Crippen molar-refractivity contribution in [3.63, 3.8) is 0 Å². The Bertz CT molecular complexity index is 181. The smallest absolute Gasteiger partial charge is 0.311 e. The van der Waals surface area contributed by atoms with Crippen LogP contribution in [0.15, 0.2) is 0 Å². The van der Waals surface area contributed by atoms with Crippen molar-refractivity contribution in [1.29, 1.82) is 0 Å². The first-order valence-corrected chi connectivity index (χ1v) is 5.03. The normalized spacial score (nSPS) is 14.1. The Labute approximate surface area is 83.6 Å². The lowest BCUT2D eigenvalue weighted by Crippen LogP contribution is -2.35. The van der Waals surface area contributed by atoms with Crippen LogP contribution in [0.1, 0.15) is 46.5 Å². The summed E-state index contributed by atoms with van der Waals surface area (Å²) < 4.78 is 30.4. The van der Waals surface area contributed by atoms with E-state index in [1.165, 1.54) is 0 Å². The van der Waals surface area contributed by atoms with Crippen LogP contribution in [0.3, 0.4) is 0 Å². The third-order valence-electron chi connectivity index (χ3n) is 1.85. The average Bonchev–Trinajstić information content (AvgIpc) is 2.03. The summed E-state index contributed by atoms with van der Waals surface area (Å²) in [5.41, 5.74) is 0. The molecule has 0 radical (unpaired) electrons. The standard InChI is InChI=1S/C10H18F2O2/c1-4-6-8(3)14-10(11,12)9(13)7-5-2/h8H,4-7H2,1-3H3/t8-/m1/s1. The molecule has 0 aliphatic carbocycles. The number of Topliss-reactive ketones (excluding diaryl/α,β-unsaturated/α-hetero) is 1. The van der Waals surface area contributed by atoms with Gasteiger partial charge in [-0.2, -0.15) is 8.78 Å². The van der Waals surface area contributed by atoms with Gasteiger partial charge in [0, 0.05) is 6.42 Å². The lowest BCUT2D eigenvalue weighted by molar-refractivity contribution is -0.246. The van der Waals surface area contributed by atoms with Crippen molar-refractivity contribution in [1.82, 2.24) is 0 Å². The number of alkyl halides is 2. The molecule has 14 heavy (non-hydrogen) atoms. The van der Waals surface area contributed by atoms with Gasteiger partial charge in [-0.3, -0.25) is 4.79 Å². The molecule has 0 aromatic rings. The summed E-state index contributed by atoms with van der Waals surface area (Å²) >= 11 is 0. The molecule has 0 bridgehead atoms. The molecule has 0 amide bonds. The maximum atomic E-state index is 13.0. The highest BCUT2D eigenvalue weighted by Crippen LogP contribution is 2.22. The van der Waals surface area contributed by atoms with Crippen molar-refractivity contribution >= 4 is 5.78 Å². The maximum Gasteiger partial charge on any atom is 0.416 e. The van der Waals surface area contributed by atoms with E-state index in [9.17, 15) is 13.6 Å². The van der Waals surface area contributed by atoms with Crippen molar-refractivity contribution in [2.75, 3.05) is 0 Å². The topological polar surface area (TPSA) is 26.3 Å². The second-order valence-corrected chi connectivity index (χ2v) is 3.41. The molecule has 0 saturated carbocycles. The summed E-state index contributed by atoms with van der Waals surface area (Å²) in [6, 6.07) is 0. The van der Waals surface area contributed by atoms with Gasteiger partial charge in [0.1, 0.15) is 0 Å². The Balaban J connectivity index is 4.10. The molecule has 4 heteroatoms. The van der Waals surface area contributed by atoms with Gasteiger partial charge < -0.3 is 4.74 Å². The minimum Gasteiger partial charge on any atom is -0.311 e. The van der Waals surface area contributed by atoms with Crippen LogP contribution >= 0.6 is 0 Å². The molecule has 0 heterocycles. The first kappa shape index (κ1) is 13.5. The number of ketones is 1. The minimum absolute atomic E-state index is 0.133. The lowest BCUT2D eigenvalue weighted by Gasteiger charge is -2.19. The zero-order chi connectivity index (χ0) is 11.2. The van der Waals surface area contributed by atoms with Crippen molar-refractivity contribution in [3.8, 4) is 0 Å². The van der Waals surface area contributed by atoms with E-state index in [2.05, 4.69) is 4.74 Å². The largest absolute Gasteiger partial charge is 0.416 e. The second-order valence-electron chi connectivity index (χ2n) is 3.41. The van der Waals surface area contributed by atoms with E-state index in [1.54, 1.807) is 13.8 Å². The van der Waals surface area contributed by atoms with Gasteiger partial charge in [0.15, 0.2) is 0 Å². The van der Waals surface area contributed by atoms with Crippen molar-refractivity contribution in [2.45, 2.75) is 58.7 Å². The molecule has 0 aliphatic rings. The monoisotopic (exact) mass is 208 g/mol. The highest BCUT2D eigenvalue weighted by molar-refractivity contribution is 5.84. The van der Waals surface area contributed by atoms with E-state index >= 15 is 0 Å². The van der Waals surface area contributed by atoms with Gasteiger partial charge in [-0.05, 0) is 19.8 Å². The summed E-state index contributed by atoms with van der Waals surface area (Å²) in [6.07, 6.45) is -2.60. The van der Waals surface area contributed by atoms with Gasteiger partial charge in [0.25, 0.3) is 0 Å². The lowest BCUT2D eigenvalue weighted by atomic mass is 10.2. The molecule has 0 unspecified atom stereocenters. The summed E-state index contributed by atoms with van der Waals surface area (Å²) in [6.45, 7) is 5.12. The predicted molar refractivity (Wildman–Crippen MR) is 50.3 cm³/mol. The van der Waals surface area contributed by atoms with E-state index < -0.39 is 18.0 Å². The van der Waals surface area contributed by atoms with E-state index in [4.69, 9.17) is 0 Å². The molecular weight excluding hydrogens is 190 g/mol. The summed E-state index contributed by atoms with van der Waals surface area (Å²) in [5, 5.41) is 0. The molecule has 0 spiro atoms. The van der Waals surface area contributed by atoms with Crippen LogP contribution in [0, 0.1) is 0 Å². The molecule has 0 rings (SSSR count). The zero-order valence-electron chi connectivity index (χ0n) is 8.98. The fraction of sp³-hybridized carbons (Fsp3) is 0.900. The fourth-order valence-corrected chi connectivity index (χ4v) is 1.16. The van der Waals surface area contributed by atoms with Crippen molar-refractivity contribution < 1.29 is 18.3 Å². The molecule has 0 N–H and O–H groups in total. The number of ether oxygens (including phenoxy) is 1. The van der Waals surface area contributed by atoms with E-state index in [-0.39, 0.29) is 6.42 Å². The number of hydrogen-bond acceptors (Lipinski definition) is 2. The Morgan fingerprint density at radius 3 is 2.36 bits per heavy atom. The molecule has 0 aliphatic heterocycles. The molecule has 0 aromatic heterocycles. The number of rotatable bonds is 7. The van der Waals surface area contributed by atoms with Crippen LogP contribution in [0.25, 0.3) is 0 Å². The van der Waals surface area contributed by atoms with E-state index in [1.807, 2.05) is 6.92 Å². The molecule has 0 saturated heterocycles. The summed E-state index contributed by atoms with van der Waals surface area (Å²) in [5.74, 6) is -1.12. The fourth-order valence-electron chi connectivity index (χ4n) is 1.16. The van der Waals surface area contributed by atoms with Gasteiger partial charge in [-0.25, -0.2) is 0 Å². The van der Waals surface area contributed by atoms with Crippen LogP contribution in [-0.4, -0.2) is 18.0 Å². The number of carbonyl (C=O) groups excluding carboxylic acids is 1. The van der Waals surface area contributed by atoms with Crippen molar-refractivity contribution in [2.24, 2.45) is 0 Å². The van der Waals surface area contributed by atoms with Gasteiger partial charge in [0.05, 0.1) is 6.10 Å². The molecular formula is C10H18F2O2. The molecule has 0 fully saturated rings. The molecule has 1 atom stereocenters. The number of halogens is 2. The van der Waals surface area contributed by atoms with Crippen LogP contribution in [0.4, 0.5) is 8.78 Å². The SMILES string of the molecule is CCCC(=O)C(F)(F)O[C@H](C)CCC. The Hall–Kier alpha value is -0.510. The first-order chi connectivity index (χ1) is 6.44. The average molecular weight is 208 g/mol. The third kappa shape index (κ3) is 4.65. The Morgan fingerprint density at radius 2 is 1.93 bits per heavy atom. The molecule has 84 valence electrons. The Morgan fingerprint density at radius 1 is 1.36 bits per heavy atom. The summed E-state index contributed by atoms with van der Waals surface area (Å²) in [7, 11) is 0. The first-order valence-electron chi connectivity index (χ1n) is 5.03. The third-order valence-corrected chi connectivity index (χ3v) is 1.85. The van der Waals surface area contributed by atoms with Gasteiger partial charge in [-0.15, -0.1) is 0 Å². The minimum atomic E-state index is -3.61. The second kappa shape index (κ2) is 6.06. The Kier molecular flexibility index (Phi) is 5.84. The van der Waals surface area contributed by atoms with Crippen molar-refractivity contribution in [3.05, 3.63) is 0 Å². The highest BCUT2D eigenvalue weighted by atomic mass is 19.3. The van der Waals surface area contributed by atoms with Gasteiger partial charge in [0.2, 0.25) is 5.78 Å². The zero-order valence-corrected chi connectivity index (χ0v) is 8.98. The summed E-state index contributed by atoms with van der Waals surface area (Å²) in [4.78, 5) is 10.9. The van der Waals surface area contributed by atoms with E-state index in [0.29, 0.717) is 12.8 Å². The number of hydrogen-bond donors (Lipinski definition) is 0. The highest BCUT2D eigenvalue weighted by Gasteiger charge is 2.40. The molecule has 0 aromatic carbocycles. The van der Waals surface area contributed by atoms with Gasteiger partial charge >= 0.3 is 6.11 Å².